The van der Waals surface area contributed by atoms with Crippen LogP contribution in [0.1, 0.15) is 11.1 Å². The second-order valence-corrected chi connectivity index (χ2v) is 8.58. The number of ether oxygens (including phenoxy) is 3. The van der Waals surface area contributed by atoms with Crippen LogP contribution in [0.5, 0.6) is 5.75 Å². The Kier molecular flexibility index (Phi) is 8.16. The molecule has 13 heteroatoms. The molecular formula is C25H28N8O5. The zero-order chi connectivity index (χ0) is 26.2. The van der Waals surface area contributed by atoms with Crippen LogP contribution in [0.15, 0.2) is 53.6 Å². The number of nitrogens with one attached hydrogen (secondary N) is 1. The molecule has 0 bridgehead atoms. The van der Waals surface area contributed by atoms with Gasteiger partial charge in [-0.05, 0) is 29.8 Å². The number of anilines is 3. The van der Waals surface area contributed by atoms with Crippen LogP contribution >= 0.6 is 0 Å². The van der Waals surface area contributed by atoms with Crippen molar-refractivity contribution in [3.8, 4) is 5.75 Å². The van der Waals surface area contributed by atoms with Crippen molar-refractivity contribution >= 4 is 29.7 Å². The van der Waals surface area contributed by atoms with Gasteiger partial charge in [0.25, 0.3) is 5.69 Å². The van der Waals surface area contributed by atoms with E-state index in [1.54, 1.807) is 18.3 Å². The van der Waals surface area contributed by atoms with Gasteiger partial charge in [0.1, 0.15) is 12.4 Å². The van der Waals surface area contributed by atoms with Crippen LogP contribution < -0.4 is 20.0 Å². The summed E-state index contributed by atoms with van der Waals surface area (Å²) in [6.45, 7) is 5.56. The normalized spacial score (nSPS) is 16.0. The molecule has 1 aromatic heterocycles. The van der Waals surface area contributed by atoms with Crippen LogP contribution in [0.4, 0.5) is 23.5 Å². The molecular weight excluding hydrogens is 492 g/mol. The number of para-hydroxylation sites is 1. The molecule has 2 fully saturated rings. The van der Waals surface area contributed by atoms with Gasteiger partial charge in [-0.2, -0.15) is 20.1 Å². The fraction of sp³-hybridized carbons (Fsp3) is 0.360. The van der Waals surface area contributed by atoms with Gasteiger partial charge in [-0.3, -0.25) is 10.1 Å². The fourth-order valence-electron chi connectivity index (χ4n) is 3.97. The first-order valence-electron chi connectivity index (χ1n) is 12.3. The van der Waals surface area contributed by atoms with E-state index in [9.17, 15) is 10.1 Å². The molecule has 1 N–H and O–H groups in total. The van der Waals surface area contributed by atoms with E-state index < -0.39 is 4.92 Å². The number of hydrogen-bond acceptors (Lipinski definition) is 12. The van der Waals surface area contributed by atoms with Crippen molar-refractivity contribution in [2.45, 2.75) is 6.61 Å². The number of nitro groups is 1. The fourth-order valence-corrected chi connectivity index (χ4v) is 3.97. The predicted octanol–water partition coefficient (Wildman–Crippen LogP) is 2.48. The van der Waals surface area contributed by atoms with Gasteiger partial charge in [0, 0.05) is 43.9 Å². The van der Waals surface area contributed by atoms with Gasteiger partial charge >= 0.3 is 0 Å². The molecule has 0 amide bonds. The summed E-state index contributed by atoms with van der Waals surface area (Å²) in [6, 6.07) is 13.7. The second kappa shape index (κ2) is 12.3. The molecule has 0 saturated carbocycles. The molecule has 2 aliphatic rings. The zero-order valence-corrected chi connectivity index (χ0v) is 20.7. The average Bonchev–Trinajstić information content (AvgIpc) is 2.97. The maximum Gasteiger partial charge on any atom is 0.269 e. The van der Waals surface area contributed by atoms with Crippen molar-refractivity contribution in [1.29, 1.82) is 0 Å². The first-order valence-corrected chi connectivity index (χ1v) is 12.3. The number of hydrazone groups is 1. The van der Waals surface area contributed by atoms with E-state index in [1.165, 1.54) is 12.1 Å². The summed E-state index contributed by atoms with van der Waals surface area (Å²) in [5, 5.41) is 15.2. The lowest BCUT2D eigenvalue weighted by atomic mass is 10.2. The highest BCUT2D eigenvalue weighted by Gasteiger charge is 2.20. The molecule has 2 saturated heterocycles. The Balaban J connectivity index is 1.29. The van der Waals surface area contributed by atoms with Gasteiger partial charge in [-0.15, -0.1) is 0 Å². The Hall–Kier alpha value is -4.36. The Bertz CT molecular complexity index is 1220. The Morgan fingerprint density at radius 3 is 2.13 bits per heavy atom. The summed E-state index contributed by atoms with van der Waals surface area (Å²) in [7, 11) is 0. The van der Waals surface area contributed by atoms with E-state index in [-0.39, 0.29) is 12.3 Å². The molecule has 13 nitrogen and oxygen atoms in total. The number of non-ortho nitro benzene ring substituents is 1. The number of nitro benzene ring substituents is 1. The molecule has 0 aliphatic carbocycles. The van der Waals surface area contributed by atoms with Gasteiger partial charge in [-0.1, -0.05) is 12.1 Å². The third-order valence-electron chi connectivity index (χ3n) is 6.03. The number of hydrogen-bond donors (Lipinski definition) is 1. The molecule has 2 aromatic carbocycles. The number of morpholine rings is 2. The lowest BCUT2D eigenvalue weighted by Gasteiger charge is -2.30. The number of rotatable bonds is 9. The molecule has 2 aliphatic heterocycles. The molecule has 38 heavy (non-hydrogen) atoms. The van der Waals surface area contributed by atoms with Crippen LogP contribution in [-0.4, -0.2) is 78.7 Å². The lowest BCUT2D eigenvalue weighted by molar-refractivity contribution is -0.384. The van der Waals surface area contributed by atoms with Crippen molar-refractivity contribution in [2.24, 2.45) is 5.10 Å². The Labute approximate surface area is 219 Å². The second-order valence-electron chi connectivity index (χ2n) is 8.58. The van der Waals surface area contributed by atoms with Crippen molar-refractivity contribution in [2.75, 3.05) is 67.8 Å². The SMILES string of the molecule is O=[N+]([O-])c1ccc(COc2ccccc2C=NNc2nc(N3CCOCC3)nc(N3CCOCC3)n2)cc1. The van der Waals surface area contributed by atoms with Gasteiger partial charge in [0.2, 0.25) is 17.8 Å². The first-order chi connectivity index (χ1) is 18.7. The Morgan fingerprint density at radius 1 is 0.921 bits per heavy atom. The molecule has 0 spiro atoms. The third kappa shape index (κ3) is 6.49. The molecule has 0 atom stereocenters. The van der Waals surface area contributed by atoms with E-state index in [0.29, 0.717) is 76.2 Å². The average molecular weight is 521 g/mol. The summed E-state index contributed by atoms with van der Waals surface area (Å²) in [5.41, 5.74) is 4.55. The van der Waals surface area contributed by atoms with E-state index in [4.69, 9.17) is 19.2 Å². The third-order valence-corrected chi connectivity index (χ3v) is 6.03. The minimum absolute atomic E-state index is 0.0410. The number of aromatic nitrogens is 3. The van der Waals surface area contributed by atoms with Gasteiger partial charge in [-0.25, -0.2) is 5.43 Å². The first kappa shape index (κ1) is 25.3. The molecule has 3 heterocycles. The van der Waals surface area contributed by atoms with Crippen molar-refractivity contribution in [3.63, 3.8) is 0 Å². The van der Waals surface area contributed by atoms with Crippen molar-refractivity contribution in [3.05, 3.63) is 69.8 Å². The van der Waals surface area contributed by atoms with E-state index in [0.717, 1.165) is 11.1 Å². The summed E-state index contributed by atoms with van der Waals surface area (Å²) >= 11 is 0. The largest absolute Gasteiger partial charge is 0.488 e. The molecule has 3 aromatic rings. The summed E-state index contributed by atoms with van der Waals surface area (Å²) in [5.74, 6) is 2.11. The van der Waals surface area contributed by atoms with E-state index >= 15 is 0 Å². The van der Waals surface area contributed by atoms with Crippen molar-refractivity contribution < 1.29 is 19.1 Å². The van der Waals surface area contributed by atoms with Gasteiger partial charge < -0.3 is 24.0 Å². The lowest BCUT2D eigenvalue weighted by Crippen LogP contribution is -2.40. The topological polar surface area (TPSA) is 140 Å². The van der Waals surface area contributed by atoms with Gasteiger partial charge in [0.05, 0.1) is 37.6 Å². The molecule has 0 unspecified atom stereocenters. The summed E-state index contributed by atoms with van der Waals surface area (Å²) in [6.07, 6.45) is 1.64. The highest BCUT2D eigenvalue weighted by Crippen LogP contribution is 2.21. The quantitative estimate of drug-likeness (QED) is 0.253. The standard InChI is InChI=1S/C25H28N8O5/c34-33(35)21-7-5-19(6-8-21)18-38-22-4-2-1-3-20(22)17-26-30-23-27-24(31-9-13-36-14-10-31)29-25(28-23)32-11-15-37-16-12-32/h1-8,17H,9-16,18H2,(H,27,28,29,30). The van der Waals surface area contributed by atoms with Crippen LogP contribution in [0.3, 0.4) is 0 Å². The summed E-state index contributed by atoms with van der Waals surface area (Å²) in [4.78, 5) is 28.5. The zero-order valence-electron chi connectivity index (χ0n) is 20.7. The highest BCUT2D eigenvalue weighted by molar-refractivity contribution is 5.83. The number of nitrogens with zero attached hydrogens (tertiary/aromatic N) is 7. The molecule has 5 rings (SSSR count). The van der Waals surface area contributed by atoms with Crippen LogP contribution in [-0.2, 0) is 16.1 Å². The maximum atomic E-state index is 10.9. The smallest absolute Gasteiger partial charge is 0.269 e. The monoisotopic (exact) mass is 520 g/mol. The highest BCUT2D eigenvalue weighted by atomic mass is 16.6. The maximum absolute atomic E-state index is 10.9. The van der Waals surface area contributed by atoms with Gasteiger partial charge in [0.15, 0.2) is 0 Å². The van der Waals surface area contributed by atoms with Crippen LogP contribution in [0.2, 0.25) is 0 Å². The van der Waals surface area contributed by atoms with Crippen LogP contribution in [0.25, 0.3) is 0 Å². The minimum Gasteiger partial charge on any atom is -0.488 e. The predicted molar refractivity (Wildman–Crippen MR) is 141 cm³/mol. The van der Waals surface area contributed by atoms with E-state index in [2.05, 4.69) is 30.3 Å². The summed E-state index contributed by atoms with van der Waals surface area (Å²) < 4.78 is 16.9. The number of benzene rings is 2. The Morgan fingerprint density at radius 2 is 1.53 bits per heavy atom. The molecule has 198 valence electrons. The minimum atomic E-state index is -0.427. The molecule has 0 radical (unpaired) electrons. The van der Waals surface area contributed by atoms with E-state index in [1.807, 2.05) is 24.3 Å². The van der Waals surface area contributed by atoms with Crippen molar-refractivity contribution in [1.82, 2.24) is 15.0 Å². The van der Waals surface area contributed by atoms with Crippen LogP contribution in [0, 0.1) is 10.1 Å².